The lowest BCUT2D eigenvalue weighted by Gasteiger charge is -1.98. The van der Waals surface area contributed by atoms with E-state index < -0.39 is 0 Å². The van der Waals surface area contributed by atoms with Gasteiger partial charge in [0.15, 0.2) is 0 Å². The Bertz CT molecular complexity index is 112. The maximum Gasteiger partial charge on any atom is 0.0989 e. The number of thiocarbonyl (C=S) groups is 2. The molecule has 0 aliphatic carbocycles. The van der Waals surface area contributed by atoms with Crippen molar-refractivity contribution in [3.63, 3.8) is 0 Å². The zero-order valence-electron chi connectivity index (χ0n) is 4.79. The van der Waals surface area contributed by atoms with Gasteiger partial charge in [0.25, 0.3) is 0 Å². The summed E-state index contributed by atoms with van der Waals surface area (Å²) < 4.78 is 4.82. The van der Waals surface area contributed by atoms with Gasteiger partial charge < -0.3 is 16.2 Å². The van der Waals surface area contributed by atoms with E-state index in [0.717, 1.165) is 0 Å². The van der Waals surface area contributed by atoms with Crippen LogP contribution in [0.25, 0.3) is 0 Å². The van der Waals surface area contributed by atoms with E-state index in [1.54, 1.807) is 0 Å². The average molecular weight is 164 g/mol. The molecule has 0 aromatic rings. The standard InChI is InChI=1S/C4H8N2OS2/c5-3(8)1-7-2-4(6)9/h1-2H2,(H2,5,8)(H2,6,9). The van der Waals surface area contributed by atoms with Gasteiger partial charge in [-0.1, -0.05) is 24.4 Å². The Balaban J connectivity index is 3.10. The molecule has 0 aromatic carbocycles. The van der Waals surface area contributed by atoms with Crippen LogP contribution in [0.15, 0.2) is 0 Å². The van der Waals surface area contributed by atoms with E-state index in [-0.39, 0.29) is 13.2 Å². The molecule has 0 unspecified atom stereocenters. The van der Waals surface area contributed by atoms with Crippen LogP contribution in [-0.2, 0) is 4.74 Å². The van der Waals surface area contributed by atoms with Gasteiger partial charge in [0.2, 0.25) is 0 Å². The fourth-order valence-corrected chi connectivity index (χ4v) is 0.419. The van der Waals surface area contributed by atoms with Gasteiger partial charge in [0.05, 0.1) is 23.2 Å². The molecule has 52 valence electrons. The molecule has 0 saturated carbocycles. The lowest BCUT2D eigenvalue weighted by molar-refractivity contribution is 0.216. The Hall–Kier alpha value is -0.260. The number of nitrogens with two attached hydrogens (primary N) is 2. The van der Waals surface area contributed by atoms with Crippen molar-refractivity contribution in [1.29, 1.82) is 0 Å². The third kappa shape index (κ3) is 7.74. The molecule has 4 N–H and O–H groups in total. The van der Waals surface area contributed by atoms with Crippen LogP contribution >= 0.6 is 24.4 Å². The van der Waals surface area contributed by atoms with Crippen LogP contribution in [0.3, 0.4) is 0 Å². The Kier molecular flexibility index (Phi) is 4.47. The van der Waals surface area contributed by atoms with Crippen LogP contribution in [0.1, 0.15) is 0 Å². The lowest BCUT2D eigenvalue weighted by atomic mass is 10.7. The summed E-state index contributed by atoms with van der Waals surface area (Å²) in [6, 6.07) is 0. The monoisotopic (exact) mass is 164 g/mol. The van der Waals surface area contributed by atoms with Gasteiger partial charge in [-0.05, 0) is 0 Å². The Morgan fingerprint density at radius 2 is 1.44 bits per heavy atom. The zero-order chi connectivity index (χ0) is 7.28. The molecular formula is C4H8N2OS2. The van der Waals surface area contributed by atoms with Gasteiger partial charge in [-0.3, -0.25) is 0 Å². The summed E-state index contributed by atoms with van der Waals surface area (Å²) in [5.41, 5.74) is 10.2. The van der Waals surface area contributed by atoms with Crippen LogP contribution in [0.2, 0.25) is 0 Å². The zero-order valence-corrected chi connectivity index (χ0v) is 6.43. The summed E-state index contributed by atoms with van der Waals surface area (Å²) in [4.78, 5) is 0.623. The van der Waals surface area contributed by atoms with Crippen molar-refractivity contribution < 1.29 is 4.74 Å². The molecule has 0 heterocycles. The molecule has 0 fully saturated rings. The highest BCUT2D eigenvalue weighted by molar-refractivity contribution is 7.80. The molecule has 5 heteroatoms. The third-order valence-corrected chi connectivity index (χ3v) is 0.724. The minimum atomic E-state index is 0.243. The van der Waals surface area contributed by atoms with Crippen molar-refractivity contribution in [3.05, 3.63) is 0 Å². The molecule has 0 atom stereocenters. The van der Waals surface area contributed by atoms with Crippen LogP contribution in [-0.4, -0.2) is 23.2 Å². The SMILES string of the molecule is NC(=S)COCC(N)=S. The molecular weight excluding hydrogens is 156 g/mol. The Morgan fingerprint density at radius 3 is 1.67 bits per heavy atom. The second-order valence-corrected chi connectivity index (χ2v) is 2.47. The molecule has 3 nitrogen and oxygen atoms in total. The predicted molar refractivity (Wildman–Crippen MR) is 44.4 cm³/mol. The smallest absolute Gasteiger partial charge is 0.0989 e. The van der Waals surface area contributed by atoms with E-state index in [0.29, 0.717) is 9.98 Å². The maximum atomic E-state index is 5.10. The number of hydrogen-bond donors (Lipinski definition) is 2. The van der Waals surface area contributed by atoms with Gasteiger partial charge in [0, 0.05) is 0 Å². The van der Waals surface area contributed by atoms with Gasteiger partial charge >= 0.3 is 0 Å². The Labute approximate surface area is 64.3 Å². The van der Waals surface area contributed by atoms with E-state index in [4.69, 9.17) is 16.2 Å². The van der Waals surface area contributed by atoms with Gasteiger partial charge in [-0.2, -0.15) is 0 Å². The van der Waals surface area contributed by atoms with Crippen molar-refractivity contribution in [2.24, 2.45) is 11.5 Å². The maximum absolute atomic E-state index is 5.10. The van der Waals surface area contributed by atoms with E-state index in [9.17, 15) is 0 Å². The summed E-state index contributed by atoms with van der Waals surface area (Å²) in [5.74, 6) is 0. The fourth-order valence-electron chi connectivity index (χ4n) is 0.252. The second kappa shape index (κ2) is 4.60. The number of rotatable bonds is 4. The first-order valence-corrected chi connectivity index (χ1v) is 3.09. The lowest BCUT2D eigenvalue weighted by Crippen LogP contribution is -2.21. The predicted octanol–water partition coefficient (Wildman–Crippen LogP) is -0.425. The highest BCUT2D eigenvalue weighted by atomic mass is 32.1. The van der Waals surface area contributed by atoms with Crippen molar-refractivity contribution in [1.82, 2.24) is 0 Å². The molecule has 0 bridgehead atoms. The van der Waals surface area contributed by atoms with Crippen molar-refractivity contribution in [2.45, 2.75) is 0 Å². The molecule has 0 rings (SSSR count). The minimum absolute atomic E-state index is 0.243. The van der Waals surface area contributed by atoms with Crippen LogP contribution in [0.5, 0.6) is 0 Å². The highest BCUT2D eigenvalue weighted by Gasteiger charge is 1.90. The molecule has 0 amide bonds. The van der Waals surface area contributed by atoms with E-state index in [1.165, 1.54) is 0 Å². The largest absolute Gasteiger partial charge is 0.391 e. The van der Waals surface area contributed by atoms with E-state index in [2.05, 4.69) is 24.4 Å². The fraction of sp³-hybridized carbons (Fsp3) is 0.500. The molecule has 0 spiro atoms. The molecule has 0 aliphatic rings. The normalized spacial score (nSPS) is 8.89. The Morgan fingerprint density at radius 1 is 1.11 bits per heavy atom. The molecule has 0 aromatic heterocycles. The summed E-state index contributed by atoms with van der Waals surface area (Å²) in [5, 5.41) is 0. The molecule has 9 heavy (non-hydrogen) atoms. The first-order chi connectivity index (χ1) is 4.13. The van der Waals surface area contributed by atoms with E-state index >= 15 is 0 Å². The topological polar surface area (TPSA) is 61.3 Å². The first-order valence-electron chi connectivity index (χ1n) is 2.27. The third-order valence-electron chi connectivity index (χ3n) is 0.489. The quantitative estimate of drug-likeness (QED) is 0.552. The molecule has 0 saturated heterocycles. The van der Waals surface area contributed by atoms with Crippen molar-refractivity contribution in [2.75, 3.05) is 13.2 Å². The molecule has 0 aliphatic heterocycles. The van der Waals surface area contributed by atoms with Crippen LogP contribution in [0, 0.1) is 0 Å². The summed E-state index contributed by atoms with van der Waals surface area (Å²) in [7, 11) is 0. The van der Waals surface area contributed by atoms with Gasteiger partial charge in [0.1, 0.15) is 0 Å². The van der Waals surface area contributed by atoms with E-state index in [1.807, 2.05) is 0 Å². The highest BCUT2D eigenvalue weighted by Crippen LogP contribution is 1.74. The number of ether oxygens (including phenoxy) is 1. The van der Waals surface area contributed by atoms with Crippen molar-refractivity contribution >= 4 is 34.4 Å². The summed E-state index contributed by atoms with van der Waals surface area (Å²) in [6.07, 6.45) is 0. The summed E-state index contributed by atoms with van der Waals surface area (Å²) in [6.45, 7) is 0.485. The summed E-state index contributed by atoms with van der Waals surface area (Å²) >= 11 is 9.03. The minimum Gasteiger partial charge on any atom is -0.391 e. The average Bonchev–Trinajstić information content (AvgIpc) is 1.63. The van der Waals surface area contributed by atoms with Gasteiger partial charge in [-0.15, -0.1) is 0 Å². The second-order valence-electron chi connectivity index (χ2n) is 1.43. The first kappa shape index (κ1) is 8.74. The van der Waals surface area contributed by atoms with Crippen LogP contribution < -0.4 is 11.5 Å². The molecule has 0 radical (unpaired) electrons. The van der Waals surface area contributed by atoms with Crippen LogP contribution in [0.4, 0.5) is 0 Å². The van der Waals surface area contributed by atoms with Gasteiger partial charge in [-0.25, -0.2) is 0 Å². The van der Waals surface area contributed by atoms with Crippen molar-refractivity contribution in [3.8, 4) is 0 Å². The number of hydrogen-bond acceptors (Lipinski definition) is 3.